The Hall–Kier alpha value is -0.420. The van der Waals surface area contributed by atoms with Crippen molar-refractivity contribution in [3.05, 3.63) is 11.6 Å². The lowest BCUT2D eigenvalue weighted by molar-refractivity contribution is -0.142. The number of hydrogen-bond donors (Lipinski definition) is 4. The zero-order valence-electron chi connectivity index (χ0n) is 15.6. The fourth-order valence-electron chi connectivity index (χ4n) is 7.64. The smallest absolute Gasteiger partial charge is 0.0804 e. The second-order valence-electron chi connectivity index (χ2n) is 9.76. The van der Waals surface area contributed by atoms with E-state index in [2.05, 4.69) is 19.9 Å². The van der Waals surface area contributed by atoms with E-state index in [9.17, 15) is 20.4 Å². The van der Waals surface area contributed by atoms with Crippen LogP contribution in [0.25, 0.3) is 0 Å². The summed E-state index contributed by atoms with van der Waals surface area (Å²) in [5.41, 5.74) is 1.30. The van der Waals surface area contributed by atoms with Crippen LogP contribution in [0.3, 0.4) is 0 Å². The molecule has 4 N–H and O–H groups in total. The van der Waals surface area contributed by atoms with Crippen molar-refractivity contribution in [1.29, 1.82) is 0 Å². The number of fused-ring (bicyclic) bond motifs is 5. The minimum atomic E-state index is -0.668. The molecule has 0 aromatic heterocycles. The predicted molar refractivity (Wildman–Crippen MR) is 95.7 cm³/mol. The SMILES string of the molecule is C[C@]12CC(O)[C@H]3[C@@H](CCC4=CC(O)CC[C@@]43C)[C@@H]1CC[C@@H]2C(O)CO. The van der Waals surface area contributed by atoms with Gasteiger partial charge in [-0.2, -0.15) is 0 Å². The first-order valence-corrected chi connectivity index (χ1v) is 10.2. The Balaban J connectivity index is 1.68. The Bertz CT molecular complexity index is 560. The third kappa shape index (κ3) is 2.48. The molecular formula is C21H34O4. The Morgan fingerprint density at radius 3 is 2.64 bits per heavy atom. The molecule has 3 fully saturated rings. The first kappa shape index (κ1) is 18.0. The molecule has 0 bridgehead atoms. The van der Waals surface area contributed by atoms with E-state index in [-0.39, 0.29) is 41.5 Å². The summed E-state index contributed by atoms with van der Waals surface area (Å²) in [5.74, 6) is 1.37. The summed E-state index contributed by atoms with van der Waals surface area (Å²) in [6.07, 6.45) is 7.37. The van der Waals surface area contributed by atoms with E-state index < -0.39 is 6.10 Å². The van der Waals surface area contributed by atoms with Crippen molar-refractivity contribution in [1.82, 2.24) is 0 Å². The predicted octanol–water partition coefficient (Wildman–Crippen LogP) is 2.25. The zero-order chi connectivity index (χ0) is 18.0. The lowest BCUT2D eigenvalue weighted by Crippen LogP contribution is -2.57. The van der Waals surface area contributed by atoms with Gasteiger partial charge in [-0.25, -0.2) is 0 Å². The standard InChI is InChI=1S/C21H34O4/c1-20-8-7-13(23)9-12(20)3-4-14-15-5-6-16(18(25)11-22)21(15,2)10-17(24)19(14)20/h9,13-19,22-25H,3-8,10-11H2,1-2H3/t13?,14-,15-,16+,17?,18?,19+,20-,21-/m0/s1. The van der Waals surface area contributed by atoms with Crippen molar-refractivity contribution in [2.45, 2.75) is 77.1 Å². The molecule has 0 saturated heterocycles. The fourth-order valence-corrected chi connectivity index (χ4v) is 7.64. The van der Waals surface area contributed by atoms with Gasteiger partial charge in [0.15, 0.2) is 0 Å². The molecule has 0 aromatic rings. The number of rotatable bonds is 2. The van der Waals surface area contributed by atoms with Crippen molar-refractivity contribution < 1.29 is 20.4 Å². The van der Waals surface area contributed by atoms with Crippen LogP contribution in [0.5, 0.6) is 0 Å². The highest BCUT2D eigenvalue weighted by Gasteiger charge is 2.62. The number of hydrogen-bond acceptors (Lipinski definition) is 4. The minimum absolute atomic E-state index is 0.0105. The number of aliphatic hydroxyl groups excluding tert-OH is 4. The maximum Gasteiger partial charge on any atom is 0.0804 e. The maximum absolute atomic E-state index is 11.2. The topological polar surface area (TPSA) is 80.9 Å². The van der Waals surface area contributed by atoms with E-state index in [0.717, 1.165) is 44.9 Å². The van der Waals surface area contributed by atoms with E-state index in [1.807, 2.05) is 0 Å². The molecule has 142 valence electrons. The number of allylic oxidation sites excluding steroid dienone is 1. The van der Waals surface area contributed by atoms with Crippen LogP contribution in [0, 0.1) is 34.5 Å². The molecule has 0 amide bonds. The largest absolute Gasteiger partial charge is 0.394 e. The van der Waals surface area contributed by atoms with Gasteiger partial charge in [-0.3, -0.25) is 0 Å². The highest BCUT2D eigenvalue weighted by Crippen LogP contribution is 2.67. The van der Waals surface area contributed by atoms with Gasteiger partial charge in [0.05, 0.1) is 24.9 Å². The van der Waals surface area contributed by atoms with Crippen LogP contribution in [0.15, 0.2) is 11.6 Å². The van der Waals surface area contributed by atoms with E-state index >= 15 is 0 Å². The second-order valence-corrected chi connectivity index (χ2v) is 9.76. The van der Waals surface area contributed by atoms with Crippen LogP contribution < -0.4 is 0 Å². The summed E-state index contributed by atoms with van der Waals surface area (Å²) in [6.45, 7) is 4.37. The van der Waals surface area contributed by atoms with Crippen molar-refractivity contribution in [2.75, 3.05) is 6.61 Å². The lowest BCUT2D eigenvalue weighted by Gasteiger charge is -2.60. The van der Waals surface area contributed by atoms with Gasteiger partial charge < -0.3 is 20.4 Å². The first-order valence-electron chi connectivity index (χ1n) is 10.2. The third-order valence-electron chi connectivity index (χ3n) is 8.75. The third-order valence-corrected chi connectivity index (χ3v) is 8.75. The van der Waals surface area contributed by atoms with Gasteiger partial charge in [0.2, 0.25) is 0 Å². The Labute approximate surface area is 151 Å². The highest BCUT2D eigenvalue weighted by molar-refractivity contribution is 5.26. The van der Waals surface area contributed by atoms with Gasteiger partial charge in [-0.1, -0.05) is 25.5 Å². The fraction of sp³-hybridized carbons (Fsp3) is 0.905. The highest BCUT2D eigenvalue weighted by atomic mass is 16.3. The molecule has 4 aliphatic rings. The summed E-state index contributed by atoms with van der Waals surface area (Å²) < 4.78 is 0. The van der Waals surface area contributed by atoms with Gasteiger partial charge >= 0.3 is 0 Å². The molecule has 0 aromatic carbocycles. The van der Waals surface area contributed by atoms with Gasteiger partial charge in [0.25, 0.3) is 0 Å². The lowest BCUT2D eigenvalue weighted by atomic mass is 9.45. The second kappa shape index (κ2) is 6.05. The molecule has 3 unspecified atom stereocenters. The van der Waals surface area contributed by atoms with Crippen LogP contribution in [0.1, 0.15) is 58.8 Å². The molecule has 25 heavy (non-hydrogen) atoms. The molecular weight excluding hydrogens is 316 g/mol. The first-order chi connectivity index (χ1) is 11.8. The average Bonchev–Trinajstić information content (AvgIpc) is 2.91. The minimum Gasteiger partial charge on any atom is -0.394 e. The molecule has 4 nitrogen and oxygen atoms in total. The Morgan fingerprint density at radius 2 is 1.92 bits per heavy atom. The van der Waals surface area contributed by atoms with Crippen LogP contribution >= 0.6 is 0 Å². The summed E-state index contributed by atoms with van der Waals surface area (Å²) in [5, 5.41) is 41.1. The van der Waals surface area contributed by atoms with E-state index in [1.165, 1.54) is 5.57 Å². The summed E-state index contributed by atoms with van der Waals surface area (Å²) in [7, 11) is 0. The molecule has 4 aliphatic carbocycles. The normalized spacial score (nSPS) is 53.4. The van der Waals surface area contributed by atoms with Crippen LogP contribution in [0.4, 0.5) is 0 Å². The molecule has 9 atom stereocenters. The molecule has 0 heterocycles. The van der Waals surface area contributed by atoms with Gasteiger partial charge in [-0.05, 0) is 79.4 Å². The van der Waals surface area contributed by atoms with Crippen LogP contribution in [-0.2, 0) is 0 Å². The van der Waals surface area contributed by atoms with Crippen molar-refractivity contribution in [2.24, 2.45) is 34.5 Å². The van der Waals surface area contributed by atoms with Crippen LogP contribution in [-0.4, -0.2) is 45.3 Å². The van der Waals surface area contributed by atoms with E-state index in [4.69, 9.17) is 0 Å². The van der Waals surface area contributed by atoms with E-state index in [0.29, 0.717) is 11.8 Å². The summed E-state index contributed by atoms with van der Waals surface area (Å²) >= 11 is 0. The van der Waals surface area contributed by atoms with Gasteiger partial charge in [-0.15, -0.1) is 0 Å². The number of aliphatic hydroxyl groups is 4. The maximum atomic E-state index is 11.2. The van der Waals surface area contributed by atoms with Crippen molar-refractivity contribution >= 4 is 0 Å². The molecule has 0 spiro atoms. The van der Waals surface area contributed by atoms with Crippen LogP contribution in [0.2, 0.25) is 0 Å². The van der Waals surface area contributed by atoms with Crippen molar-refractivity contribution in [3.63, 3.8) is 0 Å². The molecule has 3 saturated carbocycles. The quantitative estimate of drug-likeness (QED) is 0.576. The average molecular weight is 350 g/mol. The molecule has 4 heteroatoms. The zero-order valence-corrected chi connectivity index (χ0v) is 15.6. The molecule has 4 rings (SSSR count). The van der Waals surface area contributed by atoms with E-state index in [1.54, 1.807) is 0 Å². The van der Waals surface area contributed by atoms with Gasteiger partial charge in [0.1, 0.15) is 0 Å². The summed E-state index contributed by atoms with van der Waals surface area (Å²) in [4.78, 5) is 0. The Kier molecular flexibility index (Phi) is 4.35. The van der Waals surface area contributed by atoms with Crippen molar-refractivity contribution in [3.8, 4) is 0 Å². The monoisotopic (exact) mass is 350 g/mol. The summed E-state index contributed by atoms with van der Waals surface area (Å²) in [6, 6.07) is 0. The Morgan fingerprint density at radius 1 is 1.16 bits per heavy atom. The molecule has 0 radical (unpaired) electrons. The van der Waals surface area contributed by atoms with Gasteiger partial charge in [0, 0.05) is 0 Å². The molecule has 0 aliphatic heterocycles.